The van der Waals surface area contributed by atoms with Crippen LogP contribution in [0.4, 0.5) is 39.5 Å². The van der Waals surface area contributed by atoms with Gasteiger partial charge in [-0.15, -0.1) is 0 Å². The Balaban J connectivity index is 2.14. The first-order valence-corrected chi connectivity index (χ1v) is 9.78. The van der Waals surface area contributed by atoms with Crippen molar-refractivity contribution in [2.75, 3.05) is 0 Å². The molecule has 0 aliphatic heterocycles. The van der Waals surface area contributed by atoms with E-state index in [9.17, 15) is 40.2 Å². The van der Waals surface area contributed by atoms with Crippen LogP contribution in [0.2, 0.25) is 0 Å². The third-order valence-electron chi connectivity index (χ3n) is 4.86. The van der Waals surface area contributed by atoms with Crippen molar-refractivity contribution in [1.82, 2.24) is 0 Å². The van der Waals surface area contributed by atoms with Gasteiger partial charge in [-0.05, 0) is 30.5 Å². The number of alkyl halides is 2. The number of aromatic hydroxyl groups is 1. The van der Waals surface area contributed by atoms with Gasteiger partial charge < -0.3 is 9.84 Å². The maximum Gasteiger partial charge on any atom is 0.432 e. The number of rotatable bonds is 7. The smallest absolute Gasteiger partial charge is 0.432 e. The van der Waals surface area contributed by atoms with E-state index in [0.717, 1.165) is 12.1 Å². The van der Waals surface area contributed by atoms with Crippen molar-refractivity contribution >= 4 is 0 Å². The molecule has 0 heterocycles. The van der Waals surface area contributed by atoms with E-state index in [2.05, 4.69) is 4.74 Å². The Morgan fingerprint density at radius 2 is 1.29 bits per heavy atom. The van der Waals surface area contributed by atoms with Gasteiger partial charge in [-0.3, -0.25) is 0 Å². The zero-order chi connectivity index (χ0) is 25.4. The Hall–Kier alpha value is -3.37. The maximum absolute atomic E-state index is 15.1. The third kappa shape index (κ3) is 4.78. The van der Waals surface area contributed by atoms with Crippen LogP contribution in [-0.2, 0) is 12.5 Å². The van der Waals surface area contributed by atoms with Gasteiger partial charge in [0.1, 0.15) is 34.5 Å². The molecule has 0 bridgehead atoms. The molecular formula is C23H15F9O2. The first-order valence-electron chi connectivity index (χ1n) is 9.78. The number of halogens is 9. The second-order valence-electron chi connectivity index (χ2n) is 7.30. The summed E-state index contributed by atoms with van der Waals surface area (Å²) < 4.78 is 132. The largest absolute Gasteiger partial charge is 0.507 e. The fourth-order valence-corrected chi connectivity index (χ4v) is 3.29. The number of phenolic OH excluding ortho intramolecular Hbond substituents is 1. The highest BCUT2D eigenvalue weighted by molar-refractivity contribution is 5.73. The van der Waals surface area contributed by atoms with Gasteiger partial charge in [0.25, 0.3) is 0 Å². The Morgan fingerprint density at radius 1 is 0.735 bits per heavy atom. The van der Waals surface area contributed by atoms with Crippen LogP contribution in [0.5, 0.6) is 11.5 Å². The fraction of sp³-hybridized carbons (Fsp3) is 0.217. The molecule has 0 aromatic heterocycles. The van der Waals surface area contributed by atoms with E-state index in [0.29, 0.717) is 12.8 Å². The van der Waals surface area contributed by atoms with Crippen LogP contribution in [0.15, 0.2) is 30.3 Å². The summed E-state index contributed by atoms with van der Waals surface area (Å²) in [6.45, 7) is 1.82. The number of aryl methyl sites for hydroxylation is 1. The van der Waals surface area contributed by atoms with E-state index in [4.69, 9.17) is 0 Å². The SMILES string of the molecule is CCCCc1cc(F)c(-c2c(O)cc(F)c(C(F)(F)Oc3cc(F)c(F)c(F)c3)c2F)c(F)c1. The molecule has 0 aliphatic carbocycles. The molecule has 0 radical (unpaired) electrons. The van der Waals surface area contributed by atoms with Crippen molar-refractivity contribution in [1.29, 1.82) is 0 Å². The lowest BCUT2D eigenvalue weighted by molar-refractivity contribution is -0.189. The van der Waals surface area contributed by atoms with Crippen LogP contribution < -0.4 is 4.74 Å². The number of benzene rings is 3. The summed E-state index contributed by atoms with van der Waals surface area (Å²) in [5, 5.41) is 9.93. The van der Waals surface area contributed by atoms with Crippen LogP contribution >= 0.6 is 0 Å². The van der Waals surface area contributed by atoms with Crippen molar-refractivity contribution < 1.29 is 49.4 Å². The maximum atomic E-state index is 15.1. The zero-order valence-electron chi connectivity index (χ0n) is 17.3. The minimum atomic E-state index is -5.01. The van der Waals surface area contributed by atoms with Crippen LogP contribution in [0.3, 0.4) is 0 Å². The lowest BCUT2D eigenvalue weighted by atomic mass is 9.96. The molecule has 2 nitrogen and oxygen atoms in total. The average Bonchev–Trinajstić information content (AvgIpc) is 2.71. The van der Waals surface area contributed by atoms with Crippen molar-refractivity contribution in [2.24, 2.45) is 0 Å². The van der Waals surface area contributed by atoms with Gasteiger partial charge in [0.05, 0.1) is 11.1 Å². The summed E-state index contributed by atoms with van der Waals surface area (Å²) in [5.74, 6) is -15.8. The second kappa shape index (κ2) is 9.47. The molecular weight excluding hydrogens is 479 g/mol. The Bertz CT molecular complexity index is 1200. The summed E-state index contributed by atoms with van der Waals surface area (Å²) in [7, 11) is 0. The van der Waals surface area contributed by atoms with E-state index in [1.165, 1.54) is 0 Å². The number of phenols is 1. The van der Waals surface area contributed by atoms with Crippen molar-refractivity contribution in [3.63, 3.8) is 0 Å². The molecule has 1 N–H and O–H groups in total. The molecule has 34 heavy (non-hydrogen) atoms. The molecule has 11 heteroatoms. The number of hydrogen-bond acceptors (Lipinski definition) is 2. The predicted octanol–water partition coefficient (Wildman–Crippen LogP) is 7.50. The highest BCUT2D eigenvalue weighted by Crippen LogP contribution is 2.44. The summed E-state index contributed by atoms with van der Waals surface area (Å²) >= 11 is 0. The predicted molar refractivity (Wildman–Crippen MR) is 103 cm³/mol. The van der Waals surface area contributed by atoms with Gasteiger partial charge in [0.15, 0.2) is 23.3 Å². The van der Waals surface area contributed by atoms with Crippen LogP contribution in [0.25, 0.3) is 11.1 Å². The fourth-order valence-electron chi connectivity index (χ4n) is 3.29. The van der Waals surface area contributed by atoms with Crippen LogP contribution in [-0.4, -0.2) is 5.11 Å². The van der Waals surface area contributed by atoms with Crippen LogP contribution in [0.1, 0.15) is 30.9 Å². The Labute approximate surface area is 187 Å². The van der Waals surface area contributed by atoms with Gasteiger partial charge in [-0.2, -0.15) is 8.78 Å². The molecule has 0 amide bonds. The number of hydrogen-bond donors (Lipinski definition) is 1. The van der Waals surface area contributed by atoms with Gasteiger partial charge in [-0.25, -0.2) is 30.7 Å². The standard InChI is InChI=1S/C23H15F9O2/c1-2-3-4-10-5-12(24)18(13(25)6-10)19-17(33)9-14(26)20(22(19)30)23(31,32)34-11-7-15(27)21(29)16(28)8-11/h5-9,33H,2-4H2,1H3. The van der Waals surface area contributed by atoms with E-state index in [-0.39, 0.29) is 30.2 Å². The quantitative estimate of drug-likeness (QED) is 0.272. The Morgan fingerprint density at radius 3 is 1.82 bits per heavy atom. The molecule has 0 saturated carbocycles. The molecule has 0 unspecified atom stereocenters. The molecule has 3 aromatic rings. The minimum Gasteiger partial charge on any atom is -0.507 e. The van der Waals surface area contributed by atoms with E-state index in [1.807, 2.05) is 6.92 Å². The molecule has 0 fully saturated rings. The average molecular weight is 494 g/mol. The van der Waals surface area contributed by atoms with E-state index in [1.54, 1.807) is 0 Å². The van der Waals surface area contributed by atoms with Crippen LogP contribution in [0, 0.1) is 40.7 Å². The molecule has 3 aromatic carbocycles. The summed E-state index contributed by atoms with van der Waals surface area (Å²) in [6.07, 6.45) is -3.50. The molecule has 0 atom stereocenters. The molecule has 3 rings (SSSR count). The summed E-state index contributed by atoms with van der Waals surface area (Å²) in [4.78, 5) is 0. The Kier molecular flexibility index (Phi) is 7.04. The van der Waals surface area contributed by atoms with Gasteiger partial charge >= 0.3 is 6.11 Å². The van der Waals surface area contributed by atoms with E-state index >= 15 is 4.39 Å². The van der Waals surface area contributed by atoms with Crippen molar-refractivity contribution in [2.45, 2.75) is 32.3 Å². The molecule has 0 spiro atoms. The summed E-state index contributed by atoms with van der Waals surface area (Å²) in [6, 6.07) is 1.60. The van der Waals surface area contributed by atoms with E-state index < -0.39 is 75.0 Å². The normalized spacial score (nSPS) is 11.7. The van der Waals surface area contributed by atoms with Crippen molar-refractivity contribution in [3.05, 3.63) is 82.2 Å². The molecule has 182 valence electrons. The highest BCUT2D eigenvalue weighted by atomic mass is 19.3. The lowest BCUT2D eigenvalue weighted by Gasteiger charge is -2.21. The first kappa shape index (κ1) is 25.3. The molecule has 0 saturated heterocycles. The second-order valence-corrected chi connectivity index (χ2v) is 7.30. The lowest BCUT2D eigenvalue weighted by Crippen LogP contribution is -2.26. The first-order chi connectivity index (χ1) is 15.9. The summed E-state index contributed by atoms with van der Waals surface area (Å²) in [5.41, 5.74) is -4.70. The topological polar surface area (TPSA) is 29.5 Å². The minimum absolute atomic E-state index is 0.00216. The zero-order valence-corrected chi connectivity index (χ0v) is 17.3. The van der Waals surface area contributed by atoms with Crippen molar-refractivity contribution in [3.8, 4) is 22.6 Å². The van der Waals surface area contributed by atoms with Gasteiger partial charge in [0.2, 0.25) is 0 Å². The van der Waals surface area contributed by atoms with Gasteiger partial charge in [0, 0.05) is 18.2 Å². The molecule has 0 aliphatic rings. The van der Waals surface area contributed by atoms with Gasteiger partial charge in [-0.1, -0.05) is 13.3 Å². The number of ether oxygens (including phenoxy) is 1. The number of unbranched alkanes of at least 4 members (excludes halogenated alkanes) is 1. The monoisotopic (exact) mass is 494 g/mol. The highest BCUT2D eigenvalue weighted by Gasteiger charge is 2.43. The third-order valence-corrected chi connectivity index (χ3v) is 4.86.